The minimum atomic E-state index is -0.344. The Morgan fingerprint density at radius 1 is 1.31 bits per heavy atom. The van der Waals surface area contributed by atoms with Gasteiger partial charge >= 0.3 is 0 Å². The van der Waals surface area contributed by atoms with Crippen molar-refractivity contribution in [1.29, 1.82) is 0 Å². The maximum Gasteiger partial charge on any atom is 0.242 e. The van der Waals surface area contributed by atoms with Crippen molar-refractivity contribution in [1.82, 2.24) is 20.3 Å². The number of aromatic nitrogens is 3. The lowest BCUT2D eigenvalue weighted by Crippen LogP contribution is -2.54. The minimum Gasteiger partial charge on any atom is -0.353 e. The summed E-state index contributed by atoms with van der Waals surface area (Å²) in [5.41, 5.74) is 0. The Kier molecular flexibility index (Phi) is 3.11. The summed E-state index contributed by atoms with van der Waals surface area (Å²) in [7, 11) is 0. The van der Waals surface area contributed by atoms with E-state index < -0.39 is 0 Å². The number of carbonyl (C=O) groups excluding carboxylic acids is 1. The summed E-state index contributed by atoms with van der Waals surface area (Å²) < 4.78 is 0. The molecule has 1 N–H and O–H groups in total. The fourth-order valence-electron chi connectivity index (χ4n) is 1.50. The highest BCUT2D eigenvalue weighted by atomic mass is 35.5. The first-order valence-corrected chi connectivity index (χ1v) is 5.45. The highest BCUT2D eigenvalue weighted by Gasteiger charge is 2.27. The van der Waals surface area contributed by atoms with Crippen LogP contribution < -0.4 is 10.2 Å². The number of anilines is 1. The van der Waals surface area contributed by atoms with Crippen LogP contribution in [0.15, 0.2) is 0 Å². The molecule has 8 heteroatoms. The molecule has 0 spiro atoms. The number of hydrogen-bond acceptors (Lipinski definition) is 5. The molecule has 0 aromatic carbocycles. The zero-order chi connectivity index (χ0) is 11.7. The fourth-order valence-corrected chi connectivity index (χ4v) is 1.85. The van der Waals surface area contributed by atoms with Crippen LogP contribution in [-0.4, -0.2) is 40.0 Å². The second kappa shape index (κ2) is 4.39. The molecule has 2 heterocycles. The molecule has 1 saturated heterocycles. The van der Waals surface area contributed by atoms with Gasteiger partial charge in [0.2, 0.25) is 22.4 Å². The van der Waals surface area contributed by atoms with Crippen molar-refractivity contribution in [2.24, 2.45) is 0 Å². The Hall–Kier alpha value is -1.14. The third-order valence-corrected chi connectivity index (χ3v) is 2.66. The van der Waals surface area contributed by atoms with Gasteiger partial charge in [-0.15, -0.1) is 0 Å². The molecule has 0 aliphatic carbocycles. The van der Waals surface area contributed by atoms with Crippen LogP contribution in [-0.2, 0) is 4.79 Å². The Bertz CT molecular complexity index is 407. The zero-order valence-electron chi connectivity index (χ0n) is 8.44. The van der Waals surface area contributed by atoms with E-state index >= 15 is 0 Å². The Morgan fingerprint density at radius 3 is 2.56 bits per heavy atom. The minimum absolute atomic E-state index is 0.0215. The summed E-state index contributed by atoms with van der Waals surface area (Å²) in [5, 5.41) is 2.79. The normalized spacial score (nSPS) is 20.8. The Morgan fingerprint density at radius 2 is 1.94 bits per heavy atom. The molecular formula is C8H9Cl2N5O. The molecule has 1 amide bonds. The molecule has 16 heavy (non-hydrogen) atoms. The number of piperazine rings is 1. The van der Waals surface area contributed by atoms with E-state index in [1.54, 1.807) is 11.8 Å². The fraction of sp³-hybridized carbons (Fsp3) is 0.500. The molecule has 0 radical (unpaired) electrons. The quantitative estimate of drug-likeness (QED) is 0.798. The molecule has 1 atom stereocenters. The monoisotopic (exact) mass is 261 g/mol. The maximum absolute atomic E-state index is 11.5. The molecule has 6 nitrogen and oxygen atoms in total. The molecular weight excluding hydrogens is 253 g/mol. The van der Waals surface area contributed by atoms with E-state index in [0.29, 0.717) is 19.0 Å². The van der Waals surface area contributed by atoms with Crippen LogP contribution in [0.5, 0.6) is 0 Å². The van der Waals surface area contributed by atoms with Gasteiger partial charge in [0.05, 0.1) is 0 Å². The van der Waals surface area contributed by atoms with E-state index in [1.165, 1.54) is 0 Å². The van der Waals surface area contributed by atoms with Gasteiger partial charge in [-0.3, -0.25) is 4.79 Å². The summed E-state index contributed by atoms with van der Waals surface area (Å²) in [6, 6.07) is -0.344. The van der Waals surface area contributed by atoms with E-state index in [1.807, 2.05) is 0 Å². The van der Waals surface area contributed by atoms with Crippen molar-refractivity contribution >= 4 is 35.1 Å². The number of hydrogen-bond donors (Lipinski definition) is 1. The topological polar surface area (TPSA) is 71.0 Å². The van der Waals surface area contributed by atoms with Gasteiger partial charge in [-0.05, 0) is 30.1 Å². The van der Waals surface area contributed by atoms with Gasteiger partial charge in [0.15, 0.2) is 0 Å². The summed E-state index contributed by atoms with van der Waals surface area (Å²) in [5.74, 6) is 0.256. The van der Waals surface area contributed by atoms with Crippen LogP contribution in [0.4, 0.5) is 5.95 Å². The smallest absolute Gasteiger partial charge is 0.242 e. The molecule has 0 bridgehead atoms. The van der Waals surface area contributed by atoms with Crippen LogP contribution >= 0.6 is 23.2 Å². The molecule has 2 rings (SSSR count). The van der Waals surface area contributed by atoms with Crippen molar-refractivity contribution < 1.29 is 4.79 Å². The first-order chi connectivity index (χ1) is 7.58. The van der Waals surface area contributed by atoms with Gasteiger partial charge in [0.1, 0.15) is 6.04 Å². The number of rotatable bonds is 1. The molecule has 1 aromatic rings. The largest absolute Gasteiger partial charge is 0.353 e. The highest BCUT2D eigenvalue weighted by molar-refractivity contribution is 6.31. The van der Waals surface area contributed by atoms with Gasteiger partial charge in [-0.2, -0.15) is 15.0 Å². The molecule has 86 valence electrons. The third kappa shape index (κ3) is 2.17. The summed E-state index contributed by atoms with van der Waals surface area (Å²) in [4.78, 5) is 24.7. The summed E-state index contributed by atoms with van der Waals surface area (Å²) in [6.45, 7) is 2.92. The first-order valence-electron chi connectivity index (χ1n) is 4.69. The van der Waals surface area contributed by atoms with Gasteiger partial charge in [-0.1, -0.05) is 0 Å². The average Bonchev–Trinajstić information content (AvgIpc) is 2.20. The predicted octanol–water partition coefficient (Wildman–Crippen LogP) is 0.503. The van der Waals surface area contributed by atoms with E-state index in [2.05, 4.69) is 20.3 Å². The van der Waals surface area contributed by atoms with Crippen molar-refractivity contribution in [2.75, 3.05) is 18.0 Å². The van der Waals surface area contributed by atoms with Crippen LogP contribution in [0.3, 0.4) is 0 Å². The maximum atomic E-state index is 11.5. The van der Waals surface area contributed by atoms with Crippen molar-refractivity contribution in [3.05, 3.63) is 10.6 Å². The Balaban J connectivity index is 2.32. The van der Waals surface area contributed by atoms with Crippen LogP contribution in [0, 0.1) is 0 Å². The standard InChI is InChI=1S/C8H9Cl2N5O/c1-4-5(16)11-2-3-15(4)8-13-6(9)12-7(10)14-8/h4H,2-3H2,1H3,(H,11,16). The second-order valence-corrected chi connectivity index (χ2v) is 4.01. The Labute approximate surface area is 102 Å². The zero-order valence-corrected chi connectivity index (χ0v) is 9.96. The van der Waals surface area contributed by atoms with Gasteiger partial charge in [-0.25, -0.2) is 0 Å². The van der Waals surface area contributed by atoms with E-state index in [4.69, 9.17) is 23.2 Å². The van der Waals surface area contributed by atoms with Crippen LogP contribution in [0.1, 0.15) is 6.92 Å². The molecule has 0 saturated carbocycles. The van der Waals surface area contributed by atoms with Crippen molar-refractivity contribution in [3.8, 4) is 0 Å². The molecule has 1 unspecified atom stereocenters. The predicted molar refractivity (Wildman–Crippen MR) is 59.7 cm³/mol. The van der Waals surface area contributed by atoms with E-state index in [9.17, 15) is 4.79 Å². The lowest BCUT2D eigenvalue weighted by atomic mass is 10.2. The van der Waals surface area contributed by atoms with Crippen molar-refractivity contribution in [3.63, 3.8) is 0 Å². The van der Waals surface area contributed by atoms with Gasteiger partial charge < -0.3 is 10.2 Å². The number of halogens is 2. The van der Waals surface area contributed by atoms with Crippen molar-refractivity contribution in [2.45, 2.75) is 13.0 Å². The number of carbonyl (C=O) groups is 1. The van der Waals surface area contributed by atoms with Crippen LogP contribution in [0.25, 0.3) is 0 Å². The number of amides is 1. The lowest BCUT2D eigenvalue weighted by molar-refractivity contribution is -0.122. The van der Waals surface area contributed by atoms with E-state index in [0.717, 1.165) is 0 Å². The van der Waals surface area contributed by atoms with Gasteiger partial charge in [0, 0.05) is 13.1 Å². The number of nitrogens with one attached hydrogen (secondary N) is 1. The van der Waals surface area contributed by atoms with Gasteiger partial charge in [0.25, 0.3) is 0 Å². The first kappa shape index (κ1) is 11.3. The second-order valence-electron chi connectivity index (χ2n) is 3.33. The average molecular weight is 262 g/mol. The van der Waals surface area contributed by atoms with Crippen LogP contribution in [0.2, 0.25) is 10.6 Å². The third-order valence-electron chi connectivity index (χ3n) is 2.32. The number of nitrogens with zero attached hydrogens (tertiary/aromatic N) is 4. The molecule has 1 fully saturated rings. The summed E-state index contributed by atoms with van der Waals surface area (Å²) >= 11 is 11.4. The lowest BCUT2D eigenvalue weighted by Gasteiger charge is -2.32. The summed E-state index contributed by atoms with van der Waals surface area (Å²) in [6.07, 6.45) is 0. The molecule has 1 aliphatic rings. The SMILES string of the molecule is CC1C(=O)NCCN1c1nc(Cl)nc(Cl)n1. The molecule has 1 aromatic heterocycles. The molecule has 1 aliphatic heterocycles. The highest BCUT2D eigenvalue weighted by Crippen LogP contribution is 2.17. The van der Waals surface area contributed by atoms with E-state index in [-0.39, 0.29) is 22.5 Å².